The fourth-order valence-corrected chi connectivity index (χ4v) is 2.63. The SMILES string of the molecule is C[C@@H]1CCC[C@H](C)N1Cc1ccccc1O. The number of aromatic hydroxyl groups is 1. The maximum atomic E-state index is 9.79. The summed E-state index contributed by atoms with van der Waals surface area (Å²) < 4.78 is 0. The molecule has 0 aliphatic carbocycles. The summed E-state index contributed by atoms with van der Waals surface area (Å²) in [7, 11) is 0. The van der Waals surface area contributed by atoms with Crippen LogP contribution in [0.2, 0.25) is 0 Å². The smallest absolute Gasteiger partial charge is 0.120 e. The van der Waals surface area contributed by atoms with Crippen molar-refractivity contribution >= 4 is 0 Å². The largest absolute Gasteiger partial charge is 0.508 e. The van der Waals surface area contributed by atoms with Crippen molar-refractivity contribution in [2.75, 3.05) is 0 Å². The van der Waals surface area contributed by atoms with Crippen LogP contribution in [0.5, 0.6) is 5.75 Å². The first kappa shape index (κ1) is 11.5. The Bertz CT molecular complexity index is 340. The van der Waals surface area contributed by atoms with Crippen LogP contribution in [0.3, 0.4) is 0 Å². The Morgan fingerprint density at radius 1 is 1.19 bits per heavy atom. The molecule has 2 heteroatoms. The zero-order valence-electron chi connectivity index (χ0n) is 10.2. The van der Waals surface area contributed by atoms with Gasteiger partial charge in [0.25, 0.3) is 0 Å². The summed E-state index contributed by atoms with van der Waals surface area (Å²) in [6.07, 6.45) is 3.88. The second-order valence-corrected chi connectivity index (χ2v) is 4.93. The van der Waals surface area contributed by atoms with E-state index in [9.17, 15) is 5.11 Å². The molecule has 2 rings (SSSR count). The molecule has 2 atom stereocenters. The Balaban J connectivity index is 2.11. The van der Waals surface area contributed by atoms with Gasteiger partial charge in [0.05, 0.1) is 0 Å². The molecule has 1 aliphatic heterocycles. The number of phenolic OH excluding ortho intramolecular Hbond substituents is 1. The van der Waals surface area contributed by atoms with Gasteiger partial charge in [-0.15, -0.1) is 0 Å². The lowest BCUT2D eigenvalue weighted by atomic mass is 9.96. The minimum Gasteiger partial charge on any atom is -0.508 e. The zero-order chi connectivity index (χ0) is 11.5. The van der Waals surface area contributed by atoms with Crippen molar-refractivity contribution in [1.82, 2.24) is 4.90 Å². The van der Waals surface area contributed by atoms with Gasteiger partial charge < -0.3 is 5.11 Å². The van der Waals surface area contributed by atoms with Crippen LogP contribution in [0, 0.1) is 0 Å². The molecule has 0 aromatic heterocycles. The van der Waals surface area contributed by atoms with E-state index in [-0.39, 0.29) is 0 Å². The summed E-state index contributed by atoms with van der Waals surface area (Å²) in [6.45, 7) is 5.44. The molecule has 1 N–H and O–H groups in total. The van der Waals surface area contributed by atoms with Gasteiger partial charge in [-0.1, -0.05) is 24.6 Å². The van der Waals surface area contributed by atoms with Gasteiger partial charge in [0, 0.05) is 24.2 Å². The first-order valence-corrected chi connectivity index (χ1v) is 6.21. The molecule has 1 aliphatic rings. The molecule has 2 nitrogen and oxygen atoms in total. The van der Waals surface area contributed by atoms with Crippen LogP contribution >= 0.6 is 0 Å². The number of rotatable bonds is 2. The van der Waals surface area contributed by atoms with Crippen LogP contribution in [0.25, 0.3) is 0 Å². The topological polar surface area (TPSA) is 23.5 Å². The molecule has 1 aromatic carbocycles. The summed E-state index contributed by atoms with van der Waals surface area (Å²) >= 11 is 0. The van der Waals surface area contributed by atoms with Gasteiger partial charge >= 0.3 is 0 Å². The summed E-state index contributed by atoms with van der Waals surface area (Å²) in [5.74, 6) is 0.424. The maximum Gasteiger partial charge on any atom is 0.120 e. The molecule has 0 radical (unpaired) electrons. The van der Waals surface area contributed by atoms with Gasteiger partial charge in [-0.2, -0.15) is 0 Å². The van der Waals surface area contributed by atoms with Crippen LogP contribution in [0.15, 0.2) is 24.3 Å². The standard InChI is InChI=1S/C14H21NO/c1-11-6-5-7-12(2)15(11)10-13-8-3-4-9-14(13)16/h3-4,8-9,11-12,16H,5-7,10H2,1-2H3/t11-,12+. The lowest BCUT2D eigenvalue weighted by Crippen LogP contribution is -2.42. The zero-order valence-corrected chi connectivity index (χ0v) is 10.2. The fourth-order valence-electron chi connectivity index (χ4n) is 2.63. The Hall–Kier alpha value is -1.02. The maximum absolute atomic E-state index is 9.79. The highest BCUT2D eigenvalue weighted by Crippen LogP contribution is 2.27. The van der Waals surface area contributed by atoms with Gasteiger partial charge in [-0.25, -0.2) is 0 Å². The monoisotopic (exact) mass is 219 g/mol. The van der Waals surface area contributed by atoms with E-state index in [1.54, 1.807) is 6.07 Å². The van der Waals surface area contributed by atoms with E-state index in [0.29, 0.717) is 17.8 Å². The van der Waals surface area contributed by atoms with E-state index < -0.39 is 0 Å². The van der Waals surface area contributed by atoms with Crippen LogP contribution in [0.4, 0.5) is 0 Å². The van der Waals surface area contributed by atoms with Crippen LogP contribution in [-0.4, -0.2) is 22.1 Å². The molecule has 0 bridgehead atoms. The van der Waals surface area contributed by atoms with Crippen molar-refractivity contribution < 1.29 is 5.11 Å². The van der Waals surface area contributed by atoms with E-state index in [2.05, 4.69) is 18.7 Å². The van der Waals surface area contributed by atoms with Gasteiger partial charge in [-0.05, 0) is 32.8 Å². The van der Waals surface area contributed by atoms with Crippen molar-refractivity contribution in [3.63, 3.8) is 0 Å². The molecular weight excluding hydrogens is 198 g/mol. The third-order valence-corrected chi connectivity index (χ3v) is 3.72. The number of nitrogens with zero attached hydrogens (tertiary/aromatic N) is 1. The molecule has 0 unspecified atom stereocenters. The number of phenols is 1. The minimum atomic E-state index is 0.424. The number of hydrogen-bond acceptors (Lipinski definition) is 2. The fraction of sp³-hybridized carbons (Fsp3) is 0.571. The highest BCUT2D eigenvalue weighted by Gasteiger charge is 2.24. The molecule has 1 heterocycles. The Morgan fingerprint density at radius 3 is 2.44 bits per heavy atom. The minimum absolute atomic E-state index is 0.424. The Kier molecular flexibility index (Phi) is 3.49. The molecule has 1 aromatic rings. The second-order valence-electron chi connectivity index (χ2n) is 4.93. The predicted octanol–water partition coefficient (Wildman–Crippen LogP) is 3.16. The van der Waals surface area contributed by atoms with Crippen molar-refractivity contribution in [3.8, 4) is 5.75 Å². The first-order chi connectivity index (χ1) is 7.68. The second kappa shape index (κ2) is 4.88. The molecule has 16 heavy (non-hydrogen) atoms. The highest BCUT2D eigenvalue weighted by molar-refractivity contribution is 5.31. The summed E-state index contributed by atoms with van der Waals surface area (Å²) in [5, 5.41) is 9.79. The van der Waals surface area contributed by atoms with Crippen molar-refractivity contribution in [3.05, 3.63) is 29.8 Å². The molecule has 0 spiro atoms. The lowest BCUT2D eigenvalue weighted by molar-refractivity contribution is 0.0944. The van der Waals surface area contributed by atoms with E-state index in [0.717, 1.165) is 12.1 Å². The van der Waals surface area contributed by atoms with Crippen LogP contribution in [0.1, 0.15) is 38.7 Å². The van der Waals surface area contributed by atoms with Crippen molar-refractivity contribution in [2.45, 2.75) is 51.7 Å². The number of piperidine rings is 1. The number of likely N-dealkylation sites (tertiary alicyclic amines) is 1. The highest BCUT2D eigenvalue weighted by atomic mass is 16.3. The summed E-state index contributed by atoms with van der Waals surface area (Å²) in [5.41, 5.74) is 1.04. The Labute approximate surface area is 97.9 Å². The van der Waals surface area contributed by atoms with E-state index in [4.69, 9.17) is 0 Å². The van der Waals surface area contributed by atoms with Crippen LogP contribution < -0.4 is 0 Å². The summed E-state index contributed by atoms with van der Waals surface area (Å²) in [4.78, 5) is 2.50. The number of para-hydroxylation sites is 1. The molecular formula is C14H21NO. The first-order valence-electron chi connectivity index (χ1n) is 6.21. The van der Waals surface area contributed by atoms with E-state index in [1.165, 1.54) is 19.3 Å². The van der Waals surface area contributed by atoms with Crippen molar-refractivity contribution in [1.29, 1.82) is 0 Å². The molecule has 0 amide bonds. The number of benzene rings is 1. The number of hydrogen-bond donors (Lipinski definition) is 1. The van der Waals surface area contributed by atoms with E-state index in [1.807, 2.05) is 18.2 Å². The normalized spacial score (nSPS) is 26.9. The van der Waals surface area contributed by atoms with Gasteiger partial charge in [-0.3, -0.25) is 4.90 Å². The molecule has 1 fully saturated rings. The van der Waals surface area contributed by atoms with Gasteiger partial charge in [0.2, 0.25) is 0 Å². The summed E-state index contributed by atoms with van der Waals surface area (Å²) in [6, 6.07) is 8.92. The van der Waals surface area contributed by atoms with Gasteiger partial charge in [0.1, 0.15) is 5.75 Å². The average Bonchev–Trinajstić information content (AvgIpc) is 2.26. The Morgan fingerprint density at radius 2 is 1.81 bits per heavy atom. The third-order valence-electron chi connectivity index (χ3n) is 3.72. The molecule has 1 saturated heterocycles. The molecule has 88 valence electrons. The van der Waals surface area contributed by atoms with Gasteiger partial charge in [0.15, 0.2) is 0 Å². The quantitative estimate of drug-likeness (QED) is 0.826. The lowest BCUT2D eigenvalue weighted by Gasteiger charge is -2.39. The predicted molar refractivity (Wildman–Crippen MR) is 66.4 cm³/mol. The van der Waals surface area contributed by atoms with Crippen molar-refractivity contribution in [2.24, 2.45) is 0 Å². The third kappa shape index (κ3) is 2.38. The molecule has 0 saturated carbocycles. The van der Waals surface area contributed by atoms with Crippen LogP contribution in [-0.2, 0) is 6.54 Å². The average molecular weight is 219 g/mol. The van der Waals surface area contributed by atoms with E-state index >= 15 is 0 Å².